The van der Waals surface area contributed by atoms with Crippen LogP contribution in [-0.2, 0) is 11.3 Å². The van der Waals surface area contributed by atoms with E-state index in [0.717, 1.165) is 51.0 Å². The molecular formula is C17H25N3O2. The van der Waals surface area contributed by atoms with E-state index in [1.165, 1.54) is 0 Å². The van der Waals surface area contributed by atoms with Gasteiger partial charge in [0.05, 0.1) is 0 Å². The highest BCUT2D eigenvalue weighted by Gasteiger charge is 2.30. The number of benzene rings is 1. The number of hydrogen-bond donors (Lipinski definition) is 1. The van der Waals surface area contributed by atoms with Gasteiger partial charge in [0.15, 0.2) is 0 Å². The highest BCUT2D eigenvalue weighted by Crippen LogP contribution is 2.21. The Morgan fingerprint density at radius 3 is 2.50 bits per heavy atom. The standard InChI is InChI=1S/C17H25N3O2/c18-15-6-9-20(12-15)16-7-10-19(11-8-16)17(21)22-13-14-4-2-1-3-5-14/h1-5,15-16H,6-13,18H2/t15-/m0/s1. The molecule has 0 unspecified atom stereocenters. The molecule has 2 saturated heterocycles. The smallest absolute Gasteiger partial charge is 0.410 e. The van der Waals surface area contributed by atoms with Gasteiger partial charge in [-0.25, -0.2) is 4.79 Å². The fraction of sp³-hybridized carbons (Fsp3) is 0.588. The Kier molecular flexibility index (Phi) is 4.95. The van der Waals surface area contributed by atoms with Crippen LogP contribution in [0.1, 0.15) is 24.8 Å². The summed E-state index contributed by atoms with van der Waals surface area (Å²) in [6, 6.07) is 10.7. The number of carbonyl (C=O) groups excluding carboxylic acids is 1. The number of piperidine rings is 1. The van der Waals surface area contributed by atoms with Gasteiger partial charge in [0.2, 0.25) is 0 Å². The maximum absolute atomic E-state index is 12.1. The van der Waals surface area contributed by atoms with E-state index in [1.807, 2.05) is 35.2 Å². The number of amides is 1. The van der Waals surface area contributed by atoms with E-state index in [9.17, 15) is 4.79 Å². The molecule has 0 aliphatic carbocycles. The SMILES string of the molecule is N[C@H]1CCN(C2CCN(C(=O)OCc3ccccc3)CC2)C1. The first-order valence-corrected chi connectivity index (χ1v) is 8.17. The second-order valence-electron chi connectivity index (χ2n) is 6.30. The topological polar surface area (TPSA) is 58.8 Å². The quantitative estimate of drug-likeness (QED) is 0.925. The first-order chi connectivity index (χ1) is 10.7. The lowest BCUT2D eigenvalue weighted by atomic mass is 10.0. The van der Waals surface area contributed by atoms with Gasteiger partial charge < -0.3 is 15.4 Å². The van der Waals surface area contributed by atoms with Crippen molar-refractivity contribution in [3.8, 4) is 0 Å². The van der Waals surface area contributed by atoms with Crippen LogP contribution in [0.4, 0.5) is 4.79 Å². The molecule has 2 fully saturated rings. The fourth-order valence-corrected chi connectivity index (χ4v) is 3.37. The van der Waals surface area contributed by atoms with Crippen molar-refractivity contribution < 1.29 is 9.53 Å². The molecule has 120 valence electrons. The highest BCUT2D eigenvalue weighted by molar-refractivity contribution is 5.67. The summed E-state index contributed by atoms with van der Waals surface area (Å²) >= 11 is 0. The average molecular weight is 303 g/mol. The number of likely N-dealkylation sites (tertiary alicyclic amines) is 2. The summed E-state index contributed by atoms with van der Waals surface area (Å²) in [6.07, 6.45) is 2.94. The van der Waals surface area contributed by atoms with Gasteiger partial charge in [0.25, 0.3) is 0 Å². The predicted molar refractivity (Wildman–Crippen MR) is 85.4 cm³/mol. The molecule has 1 aromatic rings. The lowest BCUT2D eigenvalue weighted by Gasteiger charge is -2.36. The van der Waals surface area contributed by atoms with Crippen LogP contribution in [0.3, 0.4) is 0 Å². The maximum Gasteiger partial charge on any atom is 0.410 e. The maximum atomic E-state index is 12.1. The Balaban J connectivity index is 1.42. The van der Waals surface area contributed by atoms with Gasteiger partial charge in [0, 0.05) is 38.3 Å². The second kappa shape index (κ2) is 7.11. The van der Waals surface area contributed by atoms with E-state index in [1.54, 1.807) is 0 Å². The van der Waals surface area contributed by atoms with Crippen LogP contribution in [0.15, 0.2) is 30.3 Å². The first-order valence-electron chi connectivity index (χ1n) is 8.17. The van der Waals surface area contributed by atoms with Crippen LogP contribution >= 0.6 is 0 Å². The minimum atomic E-state index is -0.194. The van der Waals surface area contributed by atoms with Crippen LogP contribution in [0.5, 0.6) is 0 Å². The van der Waals surface area contributed by atoms with Crippen LogP contribution in [-0.4, -0.2) is 54.2 Å². The Bertz CT molecular complexity index is 486. The minimum Gasteiger partial charge on any atom is -0.445 e. The molecule has 0 spiro atoms. The van der Waals surface area contributed by atoms with Gasteiger partial charge in [-0.05, 0) is 24.8 Å². The summed E-state index contributed by atoms with van der Waals surface area (Å²) in [4.78, 5) is 16.4. The zero-order valence-corrected chi connectivity index (χ0v) is 13.0. The monoisotopic (exact) mass is 303 g/mol. The molecule has 3 rings (SSSR count). The van der Waals surface area contributed by atoms with Crippen molar-refractivity contribution in [2.45, 2.75) is 38.0 Å². The molecule has 0 bridgehead atoms. The van der Waals surface area contributed by atoms with Gasteiger partial charge in [-0.3, -0.25) is 4.90 Å². The molecule has 2 heterocycles. The summed E-state index contributed by atoms with van der Waals surface area (Å²) in [6.45, 7) is 4.02. The molecule has 22 heavy (non-hydrogen) atoms. The molecule has 0 aromatic heterocycles. The van der Waals surface area contributed by atoms with Crippen molar-refractivity contribution in [3.63, 3.8) is 0 Å². The summed E-state index contributed by atoms with van der Waals surface area (Å²) in [5, 5.41) is 0. The molecule has 2 N–H and O–H groups in total. The van der Waals surface area contributed by atoms with Gasteiger partial charge >= 0.3 is 6.09 Å². The Hall–Kier alpha value is -1.59. The fourth-order valence-electron chi connectivity index (χ4n) is 3.37. The normalized spacial score (nSPS) is 23.7. The lowest BCUT2D eigenvalue weighted by Crippen LogP contribution is -2.46. The van der Waals surface area contributed by atoms with E-state index in [-0.39, 0.29) is 6.09 Å². The van der Waals surface area contributed by atoms with Gasteiger partial charge in [-0.1, -0.05) is 30.3 Å². The molecule has 1 amide bonds. The van der Waals surface area contributed by atoms with Crippen molar-refractivity contribution >= 4 is 6.09 Å². The average Bonchev–Trinajstić information content (AvgIpc) is 3.00. The Morgan fingerprint density at radius 1 is 1.14 bits per heavy atom. The van der Waals surface area contributed by atoms with Crippen molar-refractivity contribution in [3.05, 3.63) is 35.9 Å². The number of ether oxygens (including phenoxy) is 1. The Morgan fingerprint density at radius 2 is 1.86 bits per heavy atom. The molecule has 2 aliphatic heterocycles. The molecule has 1 atom stereocenters. The number of nitrogens with two attached hydrogens (primary N) is 1. The number of nitrogens with zero attached hydrogens (tertiary/aromatic N) is 2. The molecule has 0 saturated carbocycles. The molecule has 2 aliphatic rings. The third-order valence-electron chi connectivity index (χ3n) is 4.70. The lowest BCUT2D eigenvalue weighted by molar-refractivity contribution is 0.0725. The van der Waals surface area contributed by atoms with Crippen molar-refractivity contribution in [1.82, 2.24) is 9.80 Å². The van der Waals surface area contributed by atoms with Gasteiger partial charge in [-0.2, -0.15) is 0 Å². The number of hydrogen-bond acceptors (Lipinski definition) is 4. The minimum absolute atomic E-state index is 0.194. The van der Waals surface area contributed by atoms with Gasteiger partial charge in [-0.15, -0.1) is 0 Å². The molecule has 1 aromatic carbocycles. The van der Waals surface area contributed by atoms with E-state index in [4.69, 9.17) is 10.5 Å². The summed E-state index contributed by atoms with van der Waals surface area (Å²) in [5.41, 5.74) is 7.00. The molecule has 5 heteroatoms. The van der Waals surface area contributed by atoms with Crippen molar-refractivity contribution in [2.24, 2.45) is 5.73 Å². The van der Waals surface area contributed by atoms with Crippen LogP contribution in [0.2, 0.25) is 0 Å². The van der Waals surface area contributed by atoms with E-state index < -0.39 is 0 Å². The first kappa shape index (κ1) is 15.3. The van der Waals surface area contributed by atoms with E-state index >= 15 is 0 Å². The molecular weight excluding hydrogens is 278 g/mol. The summed E-state index contributed by atoms with van der Waals surface area (Å²) in [7, 11) is 0. The van der Waals surface area contributed by atoms with E-state index in [0.29, 0.717) is 18.7 Å². The largest absolute Gasteiger partial charge is 0.445 e. The van der Waals surface area contributed by atoms with Crippen LogP contribution in [0, 0.1) is 0 Å². The second-order valence-corrected chi connectivity index (χ2v) is 6.30. The number of rotatable bonds is 3. The van der Waals surface area contributed by atoms with Crippen LogP contribution in [0.25, 0.3) is 0 Å². The number of carbonyl (C=O) groups is 1. The van der Waals surface area contributed by atoms with Crippen molar-refractivity contribution in [1.29, 1.82) is 0 Å². The predicted octanol–water partition coefficient (Wildman–Crippen LogP) is 1.82. The van der Waals surface area contributed by atoms with Crippen LogP contribution < -0.4 is 5.73 Å². The van der Waals surface area contributed by atoms with Gasteiger partial charge in [0.1, 0.15) is 6.61 Å². The molecule has 5 nitrogen and oxygen atoms in total. The zero-order valence-electron chi connectivity index (χ0n) is 13.0. The zero-order chi connectivity index (χ0) is 15.4. The highest BCUT2D eigenvalue weighted by atomic mass is 16.6. The summed E-state index contributed by atoms with van der Waals surface area (Å²) < 4.78 is 5.40. The third kappa shape index (κ3) is 3.78. The third-order valence-corrected chi connectivity index (χ3v) is 4.70. The Labute approximate surface area is 132 Å². The molecule has 0 radical (unpaired) electrons. The van der Waals surface area contributed by atoms with E-state index in [2.05, 4.69) is 4.90 Å². The summed E-state index contributed by atoms with van der Waals surface area (Å²) in [5.74, 6) is 0. The van der Waals surface area contributed by atoms with Crippen molar-refractivity contribution in [2.75, 3.05) is 26.2 Å².